The number of rotatable bonds is 4. The summed E-state index contributed by atoms with van der Waals surface area (Å²) in [5, 5.41) is 0.0195. The van der Waals surface area contributed by atoms with Crippen LogP contribution in [0, 0.1) is 0 Å². The second-order valence-corrected chi connectivity index (χ2v) is 8.43. The minimum atomic E-state index is -1.88. The molecule has 0 amide bonds. The van der Waals surface area contributed by atoms with Gasteiger partial charge < -0.3 is 8.85 Å². The Morgan fingerprint density at radius 1 is 0.684 bits per heavy atom. The fraction of sp³-hybridized carbons (Fsp3) is 0.250. The van der Waals surface area contributed by atoms with Gasteiger partial charge in [0.25, 0.3) is 0 Å². The number of benzene rings is 2. The molecule has 0 aromatic heterocycles. The molecule has 0 atom stereocenters. The summed E-state index contributed by atoms with van der Waals surface area (Å²) in [4.78, 5) is 0. The van der Waals surface area contributed by atoms with E-state index in [9.17, 15) is 0 Å². The molecule has 0 saturated carbocycles. The van der Waals surface area contributed by atoms with Crippen molar-refractivity contribution in [1.29, 1.82) is 0 Å². The average Bonchev–Trinajstić information content (AvgIpc) is 2.39. The Balaban J connectivity index is 2.13. The summed E-state index contributed by atoms with van der Waals surface area (Å²) >= 11 is 0. The quantitative estimate of drug-likeness (QED) is 0.778. The molecule has 0 radical (unpaired) electrons. The van der Waals surface area contributed by atoms with Crippen LogP contribution >= 0.6 is 0 Å². The summed E-state index contributed by atoms with van der Waals surface area (Å²) in [6.07, 6.45) is 0. The molecule has 3 heteroatoms. The predicted octanol–water partition coefficient (Wildman–Crippen LogP) is 4.17. The molecule has 0 unspecified atom stereocenters. The van der Waals surface area contributed by atoms with E-state index in [-0.39, 0.29) is 5.04 Å². The predicted molar refractivity (Wildman–Crippen MR) is 81.0 cm³/mol. The van der Waals surface area contributed by atoms with Gasteiger partial charge in [-0.3, -0.25) is 0 Å². The van der Waals surface area contributed by atoms with Gasteiger partial charge in [0.15, 0.2) is 0 Å². The number of hydrogen-bond donors (Lipinski definition) is 0. The Morgan fingerprint density at radius 2 is 1.05 bits per heavy atom. The summed E-state index contributed by atoms with van der Waals surface area (Å²) in [5.74, 6) is 1.76. The molecule has 19 heavy (non-hydrogen) atoms. The van der Waals surface area contributed by atoms with Crippen LogP contribution in [0.2, 0.25) is 5.04 Å². The standard InChI is InChI=1S/C16H20O2Si/c1-16(2,3)19(17-14-10-6-4-7-11-14)18-15-12-8-5-9-13-15/h4-13,19H,1-3H3. The molecule has 0 bridgehead atoms. The SMILES string of the molecule is CC(C)(C)[SiH](Oc1ccccc1)Oc1ccccc1. The normalized spacial score (nSPS) is 11.4. The molecule has 0 heterocycles. The zero-order valence-corrected chi connectivity index (χ0v) is 12.8. The number of para-hydroxylation sites is 2. The zero-order valence-electron chi connectivity index (χ0n) is 11.7. The minimum Gasteiger partial charge on any atom is -0.514 e. The highest BCUT2D eigenvalue weighted by Gasteiger charge is 2.33. The maximum atomic E-state index is 6.10. The van der Waals surface area contributed by atoms with Gasteiger partial charge in [0.2, 0.25) is 0 Å². The van der Waals surface area contributed by atoms with Crippen molar-refractivity contribution in [3.63, 3.8) is 0 Å². The molecule has 0 aliphatic rings. The van der Waals surface area contributed by atoms with E-state index in [1.54, 1.807) is 0 Å². The Hall–Kier alpha value is -1.74. The molecule has 100 valence electrons. The van der Waals surface area contributed by atoms with Gasteiger partial charge in [0.05, 0.1) is 0 Å². The van der Waals surface area contributed by atoms with Crippen molar-refractivity contribution in [1.82, 2.24) is 0 Å². The third kappa shape index (κ3) is 4.14. The first-order valence-corrected chi connectivity index (χ1v) is 8.01. The Labute approximate surface area is 116 Å². The van der Waals surface area contributed by atoms with Crippen molar-refractivity contribution in [2.75, 3.05) is 0 Å². The van der Waals surface area contributed by atoms with Crippen LogP contribution < -0.4 is 8.85 Å². The number of hydrogen-bond acceptors (Lipinski definition) is 2. The monoisotopic (exact) mass is 272 g/mol. The zero-order chi connectivity index (χ0) is 13.7. The third-order valence-corrected chi connectivity index (χ3v) is 5.07. The largest absolute Gasteiger partial charge is 0.514 e. The first-order valence-electron chi connectivity index (χ1n) is 6.49. The molecule has 0 spiro atoms. The van der Waals surface area contributed by atoms with Gasteiger partial charge in [-0.2, -0.15) is 0 Å². The minimum absolute atomic E-state index is 0.0195. The lowest BCUT2D eigenvalue weighted by atomic mass is 10.3. The van der Waals surface area contributed by atoms with Crippen LogP contribution in [0.4, 0.5) is 0 Å². The van der Waals surface area contributed by atoms with E-state index in [0.717, 1.165) is 11.5 Å². The second kappa shape index (κ2) is 5.93. The van der Waals surface area contributed by atoms with Gasteiger partial charge in [0.1, 0.15) is 11.5 Å². The molecule has 2 aromatic carbocycles. The molecule has 0 fully saturated rings. The van der Waals surface area contributed by atoms with Crippen LogP contribution in [-0.4, -0.2) is 9.28 Å². The van der Waals surface area contributed by atoms with E-state index in [4.69, 9.17) is 8.85 Å². The first kappa shape index (κ1) is 13.7. The van der Waals surface area contributed by atoms with E-state index in [1.165, 1.54) is 0 Å². The van der Waals surface area contributed by atoms with Gasteiger partial charge in [-0.15, -0.1) is 0 Å². The van der Waals surface area contributed by atoms with Crippen molar-refractivity contribution in [2.24, 2.45) is 0 Å². The van der Waals surface area contributed by atoms with Crippen LogP contribution in [-0.2, 0) is 0 Å². The highest BCUT2D eigenvalue weighted by molar-refractivity contribution is 6.50. The van der Waals surface area contributed by atoms with Gasteiger partial charge in [0, 0.05) is 5.04 Å². The highest BCUT2D eigenvalue weighted by Crippen LogP contribution is 2.30. The van der Waals surface area contributed by atoms with Crippen LogP contribution in [0.25, 0.3) is 0 Å². The van der Waals surface area contributed by atoms with Gasteiger partial charge in [-0.1, -0.05) is 57.2 Å². The fourth-order valence-electron chi connectivity index (χ4n) is 1.62. The Morgan fingerprint density at radius 3 is 1.37 bits per heavy atom. The highest BCUT2D eigenvalue weighted by atomic mass is 28.3. The van der Waals surface area contributed by atoms with Gasteiger partial charge >= 0.3 is 9.28 Å². The molecular weight excluding hydrogens is 252 g/mol. The topological polar surface area (TPSA) is 18.5 Å². The summed E-state index contributed by atoms with van der Waals surface area (Å²) < 4.78 is 12.2. The molecule has 2 nitrogen and oxygen atoms in total. The van der Waals surface area contributed by atoms with Crippen molar-refractivity contribution >= 4 is 9.28 Å². The summed E-state index contributed by atoms with van der Waals surface area (Å²) in [6, 6.07) is 19.8. The van der Waals surface area contributed by atoms with Crippen molar-refractivity contribution in [3.8, 4) is 11.5 Å². The van der Waals surface area contributed by atoms with Crippen molar-refractivity contribution in [2.45, 2.75) is 25.8 Å². The first-order chi connectivity index (χ1) is 9.05. The summed E-state index contributed by atoms with van der Waals surface area (Å²) in [5.41, 5.74) is 0. The summed E-state index contributed by atoms with van der Waals surface area (Å²) in [6.45, 7) is 6.49. The van der Waals surface area contributed by atoms with Crippen LogP contribution in [0.1, 0.15) is 20.8 Å². The molecule has 0 aliphatic carbocycles. The Kier molecular flexibility index (Phi) is 4.27. The third-order valence-electron chi connectivity index (χ3n) is 2.68. The lowest BCUT2D eigenvalue weighted by molar-refractivity contribution is 0.379. The van der Waals surface area contributed by atoms with Crippen LogP contribution in [0.3, 0.4) is 0 Å². The summed E-state index contributed by atoms with van der Waals surface area (Å²) in [7, 11) is -1.88. The maximum Gasteiger partial charge on any atom is 0.449 e. The molecule has 0 N–H and O–H groups in total. The molecular formula is C16H20O2Si. The van der Waals surface area contributed by atoms with Crippen molar-refractivity contribution in [3.05, 3.63) is 60.7 Å². The van der Waals surface area contributed by atoms with E-state index in [1.807, 2.05) is 60.7 Å². The second-order valence-electron chi connectivity index (χ2n) is 5.56. The van der Waals surface area contributed by atoms with Crippen LogP contribution in [0.5, 0.6) is 11.5 Å². The van der Waals surface area contributed by atoms with E-state index in [2.05, 4.69) is 20.8 Å². The maximum absolute atomic E-state index is 6.10. The molecule has 2 aromatic rings. The average molecular weight is 272 g/mol. The Bertz CT molecular complexity index is 450. The lowest BCUT2D eigenvalue weighted by Crippen LogP contribution is -2.39. The smallest absolute Gasteiger partial charge is 0.449 e. The lowest BCUT2D eigenvalue weighted by Gasteiger charge is -2.29. The molecule has 2 rings (SSSR count). The van der Waals surface area contributed by atoms with Crippen molar-refractivity contribution < 1.29 is 8.85 Å². The van der Waals surface area contributed by atoms with E-state index >= 15 is 0 Å². The van der Waals surface area contributed by atoms with Gasteiger partial charge in [-0.05, 0) is 24.3 Å². The van der Waals surface area contributed by atoms with E-state index in [0.29, 0.717) is 0 Å². The molecule has 0 aliphatic heterocycles. The molecule has 0 saturated heterocycles. The van der Waals surface area contributed by atoms with E-state index < -0.39 is 9.28 Å². The fourth-order valence-corrected chi connectivity index (χ4v) is 3.19. The van der Waals surface area contributed by atoms with Crippen LogP contribution in [0.15, 0.2) is 60.7 Å². The van der Waals surface area contributed by atoms with Gasteiger partial charge in [-0.25, -0.2) is 0 Å².